The number of ether oxygens (including phenoxy) is 1. The first-order valence-corrected chi connectivity index (χ1v) is 8.19. The summed E-state index contributed by atoms with van der Waals surface area (Å²) < 4.78 is 31.8. The first-order valence-electron chi connectivity index (χ1n) is 5.83. The van der Waals surface area contributed by atoms with Crippen molar-refractivity contribution in [3.8, 4) is 5.75 Å². The molecule has 0 atom stereocenters. The number of carbonyl (C=O) groups excluding carboxylic acids is 1. The molecule has 0 saturated carbocycles. The van der Waals surface area contributed by atoms with E-state index in [0.717, 1.165) is 11.3 Å². The van der Waals surface area contributed by atoms with Crippen LogP contribution in [0.1, 0.15) is 15.2 Å². The second kappa shape index (κ2) is 5.74. The number of esters is 1. The van der Waals surface area contributed by atoms with Gasteiger partial charge in [-0.1, -0.05) is 0 Å². The molecule has 2 rings (SSSR count). The Morgan fingerprint density at radius 2 is 1.90 bits per heavy atom. The highest BCUT2D eigenvalue weighted by Crippen LogP contribution is 2.29. The standard InChI is InChI=1S/C13H13NO5S2/c1-8-7-20-11(13(16)19-2)12(8)21(17,18)14-9-3-5-10(15)6-4-9/h3-7,14-15H,1-2H3. The van der Waals surface area contributed by atoms with Crippen LogP contribution in [-0.2, 0) is 14.8 Å². The van der Waals surface area contributed by atoms with E-state index in [-0.39, 0.29) is 21.2 Å². The van der Waals surface area contributed by atoms with Crippen molar-refractivity contribution in [2.75, 3.05) is 11.8 Å². The van der Waals surface area contributed by atoms with Crippen molar-refractivity contribution in [2.24, 2.45) is 0 Å². The van der Waals surface area contributed by atoms with Crippen molar-refractivity contribution < 1.29 is 23.1 Å². The number of aromatic hydroxyl groups is 1. The number of phenolic OH excluding ortho intramolecular Hbond substituents is 1. The fourth-order valence-corrected chi connectivity index (χ4v) is 4.50. The fraction of sp³-hybridized carbons (Fsp3) is 0.154. The molecular formula is C13H13NO5S2. The summed E-state index contributed by atoms with van der Waals surface area (Å²) in [6.07, 6.45) is 0. The first kappa shape index (κ1) is 15.3. The number of sulfonamides is 1. The molecule has 0 aliphatic rings. The third-order valence-electron chi connectivity index (χ3n) is 2.68. The van der Waals surface area contributed by atoms with E-state index < -0.39 is 16.0 Å². The van der Waals surface area contributed by atoms with Crippen LogP contribution >= 0.6 is 11.3 Å². The Balaban J connectivity index is 2.42. The van der Waals surface area contributed by atoms with Gasteiger partial charge in [0.25, 0.3) is 10.0 Å². The predicted octanol–water partition coefficient (Wildman–Crippen LogP) is 2.35. The van der Waals surface area contributed by atoms with E-state index in [1.165, 1.54) is 31.4 Å². The lowest BCUT2D eigenvalue weighted by atomic mass is 10.3. The number of thiophene rings is 1. The number of methoxy groups -OCH3 is 1. The maximum Gasteiger partial charge on any atom is 0.349 e. The van der Waals surface area contributed by atoms with Gasteiger partial charge in [-0.05, 0) is 42.1 Å². The lowest BCUT2D eigenvalue weighted by molar-refractivity contribution is 0.0602. The number of aryl methyl sites for hydroxylation is 1. The van der Waals surface area contributed by atoms with E-state index in [1.807, 2.05) is 0 Å². The average molecular weight is 327 g/mol. The third-order valence-corrected chi connectivity index (χ3v) is 5.45. The van der Waals surface area contributed by atoms with Gasteiger partial charge in [-0.2, -0.15) is 0 Å². The number of hydrogen-bond acceptors (Lipinski definition) is 6. The van der Waals surface area contributed by atoms with Gasteiger partial charge >= 0.3 is 5.97 Å². The van der Waals surface area contributed by atoms with Crippen LogP contribution in [0.4, 0.5) is 5.69 Å². The van der Waals surface area contributed by atoms with Gasteiger partial charge < -0.3 is 9.84 Å². The molecule has 0 aliphatic carbocycles. The summed E-state index contributed by atoms with van der Waals surface area (Å²) in [4.78, 5) is 11.6. The molecule has 112 valence electrons. The minimum atomic E-state index is -3.92. The van der Waals surface area contributed by atoms with Gasteiger partial charge in [0.05, 0.1) is 7.11 Å². The van der Waals surface area contributed by atoms with Crippen molar-refractivity contribution in [3.63, 3.8) is 0 Å². The van der Waals surface area contributed by atoms with Crippen LogP contribution in [0.3, 0.4) is 0 Å². The van der Waals surface area contributed by atoms with Crippen LogP contribution in [0.25, 0.3) is 0 Å². The molecule has 2 N–H and O–H groups in total. The van der Waals surface area contributed by atoms with Crippen molar-refractivity contribution in [3.05, 3.63) is 40.1 Å². The molecule has 1 aromatic carbocycles. The zero-order valence-electron chi connectivity index (χ0n) is 11.3. The van der Waals surface area contributed by atoms with Crippen LogP contribution in [-0.4, -0.2) is 26.6 Å². The van der Waals surface area contributed by atoms with Gasteiger partial charge in [-0.3, -0.25) is 4.72 Å². The molecule has 0 radical (unpaired) electrons. The number of anilines is 1. The molecular weight excluding hydrogens is 314 g/mol. The highest BCUT2D eigenvalue weighted by atomic mass is 32.2. The number of nitrogens with one attached hydrogen (secondary N) is 1. The maximum absolute atomic E-state index is 12.4. The minimum absolute atomic E-state index is 0.0277. The summed E-state index contributed by atoms with van der Waals surface area (Å²) in [5.41, 5.74) is 0.751. The zero-order chi connectivity index (χ0) is 15.6. The molecule has 6 nitrogen and oxygen atoms in total. The number of hydrogen-bond donors (Lipinski definition) is 2. The molecule has 0 bridgehead atoms. The summed E-state index contributed by atoms with van der Waals surface area (Å²) in [5.74, 6) is -0.668. The molecule has 0 saturated heterocycles. The van der Waals surface area contributed by atoms with Gasteiger partial charge in [0, 0.05) is 5.69 Å². The topological polar surface area (TPSA) is 92.7 Å². The Bertz CT molecular complexity index is 762. The number of rotatable bonds is 4. The predicted molar refractivity (Wildman–Crippen MR) is 79.3 cm³/mol. The summed E-state index contributed by atoms with van der Waals surface area (Å²) >= 11 is 1.02. The van der Waals surface area contributed by atoms with Crippen molar-refractivity contribution in [1.82, 2.24) is 0 Å². The van der Waals surface area contributed by atoms with E-state index in [2.05, 4.69) is 9.46 Å². The third kappa shape index (κ3) is 3.17. The SMILES string of the molecule is COC(=O)c1scc(C)c1S(=O)(=O)Nc1ccc(O)cc1. The molecule has 0 fully saturated rings. The molecule has 0 spiro atoms. The minimum Gasteiger partial charge on any atom is -0.508 e. The highest BCUT2D eigenvalue weighted by molar-refractivity contribution is 7.93. The summed E-state index contributed by atoms with van der Waals surface area (Å²) in [6.45, 7) is 1.61. The lowest BCUT2D eigenvalue weighted by Gasteiger charge is -2.09. The lowest BCUT2D eigenvalue weighted by Crippen LogP contribution is -2.16. The van der Waals surface area contributed by atoms with Gasteiger partial charge in [-0.25, -0.2) is 13.2 Å². The summed E-state index contributed by atoms with van der Waals surface area (Å²) in [7, 11) is -2.73. The fourth-order valence-electron chi connectivity index (χ4n) is 1.74. The van der Waals surface area contributed by atoms with Crippen LogP contribution < -0.4 is 4.72 Å². The van der Waals surface area contributed by atoms with E-state index in [1.54, 1.807) is 12.3 Å². The Kier molecular flexibility index (Phi) is 4.19. The monoisotopic (exact) mass is 327 g/mol. The second-order valence-electron chi connectivity index (χ2n) is 4.22. The van der Waals surface area contributed by atoms with Crippen LogP contribution in [0.5, 0.6) is 5.75 Å². The normalized spacial score (nSPS) is 11.1. The van der Waals surface area contributed by atoms with Crippen molar-refractivity contribution in [2.45, 2.75) is 11.8 Å². The first-order chi connectivity index (χ1) is 9.85. The molecule has 2 aromatic rings. The molecule has 1 aromatic heterocycles. The molecule has 8 heteroatoms. The molecule has 21 heavy (non-hydrogen) atoms. The quantitative estimate of drug-likeness (QED) is 0.664. The Labute approximate surface area is 126 Å². The Morgan fingerprint density at radius 1 is 1.29 bits per heavy atom. The van der Waals surface area contributed by atoms with Crippen molar-refractivity contribution in [1.29, 1.82) is 0 Å². The summed E-state index contributed by atoms with van der Waals surface area (Å²) in [5, 5.41) is 10.8. The van der Waals surface area contributed by atoms with Crippen LogP contribution in [0.15, 0.2) is 34.5 Å². The van der Waals surface area contributed by atoms with E-state index >= 15 is 0 Å². The van der Waals surface area contributed by atoms with Gasteiger partial charge in [0.15, 0.2) is 0 Å². The average Bonchev–Trinajstić information content (AvgIpc) is 2.83. The number of benzene rings is 1. The van der Waals surface area contributed by atoms with E-state index in [0.29, 0.717) is 5.56 Å². The van der Waals surface area contributed by atoms with Crippen LogP contribution in [0.2, 0.25) is 0 Å². The van der Waals surface area contributed by atoms with Gasteiger partial charge in [0.1, 0.15) is 15.5 Å². The van der Waals surface area contributed by atoms with Crippen LogP contribution in [0, 0.1) is 6.92 Å². The van der Waals surface area contributed by atoms with E-state index in [4.69, 9.17) is 0 Å². The second-order valence-corrected chi connectivity index (χ2v) is 6.72. The van der Waals surface area contributed by atoms with Gasteiger partial charge in [0.2, 0.25) is 0 Å². The smallest absolute Gasteiger partial charge is 0.349 e. The molecule has 1 heterocycles. The largest absolute Gasteiger partial charge is 0.508 e. The Hall–Kier alpha value is -2.06. The number of carbonyl (C=O) groups is 1. The molecule has 0 unspecified atom stereocenters. The maximum atomic E-state index is 12.4. The number of phenols is 1. The molecule has 0 amide bonds. The van der Waals surface area contributed by atoms with Gasteiger partial charge in [-0.15, -0.1) is 11.3 Å². The molecule has 0 aliphatic heterocycles. The zero-order valence-corrected chi connectivity index (χ0v) is 12.9. The van der Waals surface area contributed by atoms with E-state index in [9.17, 15) is 18.3 Å². The van der Waals surface area contributed by atoms with Crippen molar-refractivity contribution >= 4 is 33.0 Å². The highest BCUT2D eigenvalue weighted by Gasteiger charge is 2.27. The summed E-state index contributed by atoms with van der Waals surface area (Å²) in [6, 6.07) is 5.57. The Morgan fingerprint density at radius 3 is 2.48 bits per heavy atom.